The van der Waals surface area contributed by atoms with Gasteiger partial charge in [-0.3, -0.25) is 10.1 Å². The number of nitrogens with one attached hydrogen (secondary N) is 1. The van der Waals surface area contributed by atoms with Gasteiger partial charge in [0.05, 0.1) is 0 Å². The van der Waals surface area contributed by atoms with Gasteiger partial charge >= 0.3 is 0 Å². The van der Waals surface area contributed by atoms with E-state index in [0.717, 1.165) is 29.2 Å². The Balaban J connectivity index is 1.78. The van der Waals surface area contributed by atoms with E-state index >= 15 is 0 Å². The Kier molecular flexibility index (Phi) is 3.49. The fourth-order valence-corrected chi connectivity index (χ4v) is 3.06. The van der Waals surface area contributed by atoms with Crippen LogP contribution in [0, 0.1) is 5.92 Å². The summed E-state index contributed by atoms with van der Waals surface area (Å²) < 4.78 is 0. The van der Waals surface area contributed by atoms with Crippen LogP contribution in [0.2, 0.25) is 0 Å². The number of hydrogen-bond acceptors (Lipinski definition) is 3. The fourth-order valence-electron chi connectivity index (χ4n) is 3.06. The van der Waals surface area contributed by atoms with E-state index < -0.39 is 0 Å². The molecule has 2 heterocycles. The Morgan fingerprint density at radius 2 is 1.95 bits per heavy atom. The second kappa shape index (κ2) is 5.43. The van der Waals surface area contributed by atoms with Gasteiger partial charge in [-0.05, 0) is 36.5 Å². The predicted octanol–water partition coefficient (Wildman–Crippen LogP) is 3.18. The van der Waals surface area contributed by atoms with Crippen LogP contribution in [0.25, 0.3) is 11.1 Å². The molecule has 0 atom stereocenters. The Morgan fingerprint density at radius 3 is 2.68 bits per heavy atom. The molecular formula is C15H20N4. The van der Waals surface area contributed by atoms with Crippen LogP contribution in [0.1, 0.15) is 37.8 Å². The van der Waals surface area contributed by atoms with Crippen LogP contribution >= 0.6 is 0 Å². The third-order valence-electron chi connectivity index (χ3n) is 4.12. The predicted molar refractivity (Wildman–Crippen MR) is 76.5 cm³/mol. The van der Waals surface area contributed by atoms with Gasteiger partial charge in [-0.25, -0.2) is 0 Å². The third kappa shape index (κ3) is 2.62. The number of pyridine rings is 1. The zero-order chi connectivity index (χ0) is 13.1. The lowest BCUT2D eigenvalue weighted by Gasteiger charge is -2.09. The maximum Gasteiger partial charge on any atom is 0.153 e. The van der Waals surface area contributed by atoms with Crippen LogP contribution < -0.4 is 5.73 Å². The van der Waals surface area contributed by atoms with E-state index in [0.29, 0.717) is 5.82 Å². The van der Waals surface area contributed by atoms with Crippen molar-refractivity contribution in [1.29, 1.82) is 0 Å². The topological polar surface area (TPSA) is 67.6 Å². The van der Waals surface area contributed by atoms with Crippen molar-refractivity contribution >= 4 is 5.82 Å². The van der Waals surface area contributed by atoms with E-state index in [1.54, 1.807) is 12.4 Å². The highest BCUT2D eigenvalue weighted by Crippen LogP contribution is 2.32. The molecule has 0 amide bonds. The van der Waals surface area contributed by atoms with E-state index in [1.165, 1.54) is 32.1 Å². The first-order valence-electron chi connectivity index (χ1n) is 7.07. The van der Waals surface area contributed by atoms with Crippen molar-refractivity contribution in [3.63, 3.8) is 0 Å². The molecule has 1 aliphatic rings. The van der Waals surface area contributed by atoms with Gasteiger partial charge in [0, 0.05) is 23.7 Å². The summed E-state index contributed by atoms with van der Waals surface area (Å²) in [6, 6.07) is 3.97. The Morgan fingerprint density at radius 1 is 1.21 bits per heavy atom. The lowest BCUT2D eigenvalue weighted by Crippen LogP contribution is -1.98. The van der Waals surface area contributed by atoms with Crippen molar-refractivity contribution in [2.24, 2.45) is 5.92 Å². The molecule has 0 saturated heterocycles. The molecule has 0 aliphatic heterocycles. The Hall–Kier alpha value is -1.84. The van der Waals surface area contributed by atoms with E-state index in [-0.39, 0.29) is 0 Å². The first-order chi connectivity index (χ1) is 9.34. The van der Waals surface area contributed by atoms with Gasteiger partial charge in [0.15, 0.2) is 5.82 Å². The van der Waals surface area contributed by atoms with Crippen LogP contribution in [0.3, 0.4) is 0 Å². The number of aromatic amines is 1. The van der Waals surface area contributed by atoms with Crippen molar-refractivity contribution in [2.45, 2.75) is 38.5 Å². The molecule has 3 rings (SSSR count). The molecule has 3 N–H and O–H groups in total. The van der Waals surface area contributed by atoms with Crippen LogP contribution in [0.4, 0.5) is 5.82 Å². The molecule has 1 fully saturated rings. The highest BCUT2D eigenvalue weighted by Gasteiger charge is 2.18. The van der Waals surface area contributed by atoms with Crippen molar-refractivity contribution < 1.29 is 0 Å². The van der Waals surface area contributed by atoms with Crippen molar-refractivity contribution in [3.8, 4) is 11.1 Å². The molecule has 4 nitrogen and oxygen atoms in total. The molecule has 2 aromatic rings. The second-order valence-electron chi connectivity index (χ2n) is 5.39. The largest absolute Gasteiger partial charge is 0.382 e. The summed E-state index contributed by atoms with van der Waals surface area (Å²) in [4.78, 5) is 4.05. The van der Waals surface area contributed by atoms with Crippen molar-refractivity contribution in [1.82, 2.24) is 15.2 Å². The summed E-state index contributed by atoms with van der Waals surface area (Å²) in [5, 5.41) is 7.27. The molecule has 0 unspecified atom stereocenters. The highest BCUT2D eigenvalue weighted by atomic mass is 15.2. The van der Waals surface area contributed by atoms with Crippen LogP contribution in [0.15, 0.2) is 24.5 Å². The number of hydrogen-bond donors (Lipinski definition) is 2. The number of aryl methyl sites for hydroxylation is 1. The molecule has 1 saturated carbocycles. The maximum absolute atomic E-state index is 5.99. The highest BCUT2D eigenvalue weighted by molar-refractivity contribution is 5.75. The molecule has 0 spiro atoms. The maximum atomic E-state index is 5.99. The molecule has 100 valence electrons. The SMILES string of the molecule is Nc1n[nH]c(CCC2CCCC2)c1-c1ccncc1. The lowest BCUT2D eigenvalue weighted by molar-refractivity contribution is 0.501. The number of rotatable bonds is 4. The number of nitrogens with zero attached hydrogens (tertiary/aromatic N) is 2. The zero-order valence-corrected chi connectivity index (χ0v) is 11.1. The van der Waals surface area contributed by atoms with Crippen LogP contribution in [0.5, 0.6) is 0 Å². The van der Waals surface area contributed by atoms with Crippen LogP contribution in [-0.2, 0) is 6.42 Å². The molecule has 0 bridgehead atoms. The number of aromatic nitrogens is 3. The monoisotopic (exact) mass is 256 g/mol. The molecule has 0 aromatic carbocycles. The number of anilines is 1. The first-order valence-corrected chi connectivity index (χ1v) is 7.07. The minimum absolute atomic E-state index is 0.590. The Labute approximate surface area is 113 Å². The van der Waals surface area contributed by atoms with Crippen molar-refractivity contribution in [3.05, 3.63) is 30.2 Å². The first kappa shape index (κ1) is 12.2. The summed E-state index contributed by atoms with van der Waals surface area (Å²) >= 11 is 0. The van der Waals surface area contributed by atoms with Gasteiger partial charge in [0.2, 0.25) is 0 Å². The lowest BCUT2D eigenvalue weighted by atomic mass is 9.97. The van der Waals surface area contributed by atoms with Gasteiger partial charge in [-0.2, -0.15) is 5.10 Å². The van der Waals surface area contributed by atoms with E-state index in [4.69, 9.17) is 5.73 Å². The molecule has 0 radical (unpaired) electrons. The van der Waals surface area contributed by atoms with Gasteiger partial charge in [0.25, 0.3) is 0 Å². The molecule has 4 heteroatoms. The smallest absolute Gasteiger partial charge is 0.153 e. The van der Waals surface area contributed by atoms with Gasteiger partial charge in [-0.1, -0.05) is 25.7 Å². The molecule has 19 heavy (non-hydrogen) atoms. The number of nitrogens with two attached hydrogens (primary N) is 1. The zero-order valence-electron chi connectivity index (χ0n) is 11.1. The van der Waals surface area contributed by atoms with Gasteiger partial charge in [0.1, 0.15) is 0 Å². The van der Waals surface area contributed by atoms with E-state index in [9.17, 15) is 0 Å². The minimum Gasteiger partial charge on any atom is -0.382 e. The summed E-state index contributed by atoms with van der Waals surface area (Å²) in [7, 11) is 0. The quantitative estimate of drug-likeness (QED) is 0.882. The average Bonchev–Trinajstić information content (AvgIpc) is 3.07. The average molecular weight is 256 g/mol. The molecule has 1 aliphatic carbocycles. The number of nitrogen functional groups attached to an aromatic ring is 1. The normalized spacial score (nSPS) is 16.0. The third-order valence-corrected chi connectivity index (χ3v) is 4.12. The molecular weight excluding hydrogens is 236 g/mol. The molecule has 2 aromatic heterocycles. The standard InChI is InChI=1S/C15H20N4/c16-15-14(12-7-9-17-10-8-12)13(18-19-15)6-5-11-3-1-2-4-11/h7-11H,1-6H2,(H3,16,18,19). The summed E-state index contributed by atoms with van der Waals surface area (Å²) in [6.07, 6.45) is 11.4. The van der Waals surface area contributed by atoms with Gasteiger partial charge < -0.3 is 5.73 Å². The summed E-state index contributed by atoms with van der Waals surface area (Å²) in [6.45, 7) is 0. The fraction of sp³-hybridized carbons (Fsp3) is 0.467. The number of H-pyrrole nitrogens is 1. The Bertz CT molecular complexity index is 526. The van der Waals surface area contributed by atoms with E-state index in [2.05, 4.69) is 15.2 Å². The minimum atomic E-state index is 0.590. The summed E-state index contributed by atoms with van der Waals surface area (Å²) in [5.74, 6) is 1.47. The van der Waals surface area contributed by atoms with Crippen molar-refractivity contribution in [2.75, 3.05) is 5.73 Å². The van der Waals surface area contributed by atoms with Gasteiger partial charge in [-0.15, -0.1) is 0 Å². The summed E-state index contributed by atoms with van der Waals surface area (Å²) in [5.41, 5.74) is 9.31. The van der Waals surface area contributed by atoms with Crippen LogP contribution in [-0.4, -0.2) is 15.2 Å². The van der Waals surface area contributed by atoms with E-state index in [1.807, 2.05) is 12.1 Å². The second-order valence-corrected chi connectivity index (χ2v) is 5.39.